The van der Waals surface area contributed by atoms with Crippen LogP contribution in [0.25, 0.3) is 0 Å². The molecule has 0 spiro atoms. The lowest BCUT2D eigenvalue weighted by atomic mass is 10.3. The zero-order chi connectivity index (χ0) is 13.7. The zero-order valence-corrected chi connectivity index (χ0v) is 12.0. The molecule has 2 N–H and O–H groups in total. The van der Waals surface area contributed by atoms with Gasteiger partial charge in [0.2, 0.25) is 10.0 Å². The van der Waals surface area contributed by atoms with Gasteiger partial charge in [0.1, 0.15) is 4.90 Å². The third kappa shape index (κ3) is 3.67. The van der Waals surface area contributed by atoms with Gasteiger partial charge >= 0.3 is 0 Å². The Kier molecular flexibility index (Phi) is 4.76. The standard InChI is InChI=1S/C13H21N3O2S/c1-2-8-15-12-7-9-14-10-13(12)19(17,18)16-11-5-3-4-6-11/h7,9-11,16H,2-6,8H2,1H3,(H,14,15). The lowest BCUT2D eigenvalue weighted by Crippen LogP contribution is -2.33. The summed E-state index contributed by atoms with van der Waals surface area (Å²) in [6.07, 6.45) is 8.01. The Morgan fingerprint density at radius 2 is 2.11 bits per heavy atom. The number of pyridine rings is 1. The third-order valence-corrected chi connectivity index (χ3v) is 4.86. The maximum atomic E-state index is 12.4. The minimum absolute atomic E-state index is 0.0734. The quantitative estimate of drug-likeness (QED) is 0.839. The first-order chi connectivity index (χ1) is 9.13. The van der Waals surface area contributed by atoms with Crippen molar-refractivity contribution >= 4 is 15.7 Å². The van der Waals surface area contributed by atoms with Gasteiger partial charge in [0.15, 0.2) is 0 Å². The van der Waals surface area contributed by atoms with Gasteiger partial charge in [-0.3, -0.25) is 4.98 Å². The number of hydrogen-bond donors (Lipinski definition) is 2. The van der Waals surface area contributed by atoms with E-state index in [0.717, 1.165) is 38.6 Å². The fraction of sp³-hybridized carbons (Fsp3) is 0.615. The lowest BCUT2D eigenvalue weighted by Gasteiger charge is -2.15. The fourth-order valence-corrected chi connectivity index (χ4v) is 3.76. The van der Waals surface area contributed by atoms with E-state index in [1.165, 1.54) is 6.20 Å². The molecule has 0 radical (unpaired) electrons. The van der Waals surface area contributed by atoms with Gasteiger partial charge < -0.3 is 5.32 Å². The summed E-state index contributed by atoms with van der Waals surface area (Å²) in [5.41, 5.74) is 0.627. The van der Waals surface area contributed by atoms with E-state index < -0.39 is 10.0 Å². The Morgan fingerprint density at radius 1 is 1.37 bits per heavy atom. The van der Waals surface area contributed by atoms with Gasteiger partial charge in [0.25, 0.3) is 0 Å². The van der Waals surface area contributed by atoms with Crippen molar-refractivity contribution in [3.05, 3.63) is 18.5 Å². The van der Waals surface area contributed by atoms with Crippen LogP contribution in [-0.4, -0.2) is 26.0 Å². The second-order valence-corrected chi connectivity index (χ2v) is 6.58. The molecule has 0 atom stereocenters. The molecule has 1 heterocycles. The smallest absolute Gasteiger partial charge is 0.244 e. The second-order valence-electron chi connectivity index (χ2n) is 4.90. The zero-order valence-electron chi connectivity index (χ0n) is 11.2. The molecule has 1 aliphatic carbocycles. The summed E-state index contributed by atoms with van der Waals surface area (Å²) >= 11 is 0. The molecule has 0 bridgehead atoms. The monoisotopic (exact) mass is 283 g/mol. The number of nitrogens with one attached hydrogen (secondary N) is 2. The van der Waals surface area contributed by atoms with Crippen molar-refractivity contribution in [3.63, 3.8) is 0 Å². The second kappa shape index (κ2) is 6.34. The van der Waals surface area contributed by atoms with Crippen molar-refractivity contribution < 1.29 is 8.42 Å². The molecular weight excluding hydrogens is 262 g/mol. The fourth-order valence-electron chi connectivity index (χ4n) is 2.33. The SMILES string of the molecule is CCCNc1ccncc1S(=O)(=O)NC1CCCC1. The van der Waals surface area contributed by atoms with E-state index in [0.29, 0.717) is 5.69 Å². The highest BCUT2D eigenvalue weighted by Crippen LogP contribution is 2.23. The van der Waals surface area contributed by atoms with Crippen LogP contribution in [0.1, 0.15) is 39.0 Å². The van der Waals surface area contributed by atoms with Gasteiger partial charge in [-0.25, -0.2) is 13.1 Å². The van der Waals surface area contributed by atoms with Crippen molar-refractivity contribution in [1.82, 2.24) is 9.71 Å². The topological polar surface area (TPSA) is 71.1 Å². The number of nitrogens with zero attached hydrogens (tertiary/aromatic N) is 1. The van der Waals surface area contributed by atoms with Gasteiger partial charge in [-0.2, -0.15) is 0 Å². The molecule has 5 nitrogen and oxygen atoms in total. The third-order valence-electron chi connectivity index (χ3n) is 3.32. The summed E-state index contributed by atoms with van der Waals surface area (Å²) in [6.45, 7) is 2.79. The van der Waals surface area contributed by atoms with Crippen LogP contribution < -0.4 is 10.0 Å². The summed E-state index contributed by atoms with van der Waals surface area (Å²) in [6, 6.07) is 1.78. The Bertz CT molecular complexity index is 510. The molecular formula is C13H21N3O2S. The van der Waals surface area contributed by atoms with E-state index in [9.17, 15) is 8.42 Å². The molecule has 1 aromatic rings. The van der Waals surface area contributed by atoms with Crippen molar-refractivity contribution in [2.24, 2.45) is 0 Å². The average molecular weight is 283 g/mol. The number of hydrogen-bond acceptors (Lipinski definition) is 4. The molecule has 0 saturated heterocycles. The highest BCUT2D eigenvalue weighted by atomic mass is 32.2. The van der Waals surface area contributed by atoms with E-state index in [4.69, 9.17) is 0 Å². The molecule has 0 aromatic carbocycles. The van der Waals surface area contributed by atoms with Crippen molar-refractivity contribution in [3.8, 4) is 0 Å². The van der Waals surface area contributed by atoms with Crippen LogP contribution in [0.5, 0.6) is 0 Å². The van der Waals surface area contributed by atoms with E-state index in [2.05, 4.69) is 15.0 Å². The van der Waals surface area contributed by atoms with Gasteiger partial charge in [-0.15, -0.1) is 0 Å². The van der Waals surface area contributed by atoms with Crippen LogP contribution in [0, 0.1) is 0 Å². The van der Waals surface area contributed by atoms with Crippen LogP contribution in [0.3, 0.4) is 0 Å². The molecule has 19 heavy (non-hydrogen) atoms. The number of anilines is 1. The maximum Gasteiger partial charge on any atom is 0.244 e. The predicted molar refractivity (Wildman–Crippen MR) is 75.6 cm³/mol. The van der Waals surface area contributed by atoms with Crippen molar-refractivity contribution in [2.45, 2.75) is 50.0 Å². The minimum atomic E-state index is -3.48. The molecule has 0 amide bonds. The highest BCUT2D eigenvalue weighted by molar-refractivity contribution is 7.89. The molecule has 0 unspecified atom stereocenters. The highest BCUT2D eigenvalue weighted by Gasteiger charge is 2.25. The first-order valence-electron chi connectivity index (χ1n) is 6.83. The van der Waals surface area contributed by atoms with Gasteiger partial charge in [-0.1, -0.05) is 19.8 Å². The molecule has 106 valence electrons. The van der Waals surface area contributed by atoms with Crippen LogP contribution in [0.2, 0.25) is 0 Å². The summed E-state index contributed by atoms with van der Waals surface area (Å²) in [7, 11) is -3.48. The van der Waals surface area contributed by atoms with Gasteiger partial charge in [0.05, 0.1) is 5.69 Å². The van der Waals surface area contributed by atoms with Crippen molar-refractivity contribution in [2.75, 3.05) is 11.9 Å². The number of rotatable bonds is 6. The Morgan fingerprint density at radius 3 is 2.79 bits per heavy atom. The summed E-state index contributed by atoms with van der Waals surface area (Å²) in [5, 5.41) is 3.13. The number of aromatic nitrogens is 1. The van der Waals surface area contributed by atoms with E-state index >= 15 is 0 Å². The molecule has 1 aromatic heterocycles. The van der Waals surface area contributed by atoms with E-state index in [1.807, 2.05) is 6.92 Å². The molecule has 1 saturated carbocycles. The maximum absolute atomic E-state index is 12.4. The van der Waals surface area contributed by atoms with Gasteiger partial charge in [0, 0.05) is 25.0 Å². The number of sulfonamides is 1. The van der Waals surface area contributed by atoms with Gasteiger partial charge in [-0.05, 0) is 25.3 Å². The largest absolute Gasteiger partial charge is 0.384 e. The summed E-state index contributed by atoms with van der Waals surface area (Å²) < 4.78 is 27.5. The average Bonchev–Trinajstić information content (AvgIpc) is 2.88. The minimum Gasteiger partial charge on any atom is -0.384 e. The summed E-state index contributed by atoms with van der Waals surface area (Å²) in [4.78, 5) is 4.18. The van der Waals surface area contributed by atoms with Crippen LogP contribution in [0.15, 0.2) is 23.4 Å². The molecule has 1 aliphatic rings. The lowest BCUT2D eigenvalue weighted by molar-refractivity contribution is 0.552. The molecule has 6 heteroatoms. The van der Waals surface area contributed by atoms with Crippen LogP contribution >= 0.6 is 0 Å². The predicted octanol–water partition coefficient (Wildman–Crippen LogP) is 2.12. The van der Waals surface area contributed by atoms with E-state index in [1.54, 1.807) is 12.3 Å². The van der Waals surface area contributed by atoms with Crippen molar-refractivity contribution in [1.29, 1.82) is 0 Å². The molecule has 2 rings (SSSR count). The first-order valence-corrected chi connectivity index (χ1v) is 8.32. The first kappa shape index (κ1) is 14.3. The Labute approximate surface area is 114 Å². The molecule has 1 fully saturated rings. The summed E-state index contributed by atoms with van der Waals surface area (Å²) in [5.74, 6) is 0. The Balaban J connectivity index is 2.18. The molecule has 0 aliphatic heterocycles. The normalized spacial score (nSPS) is 16.7. The van der Waals surface area contributed by atoms with E-state index in [-0.39, 0.29) is 10.9 Å². The van der Waals surface area contributed by atoms with Crippen LogP contribution in [0.4, 0.5) is 5.69 Å². The van der Waals surface area contributed by atoms with Crippen LogP contribution in [-0.2, 0) is 10.0 Å². The Hall–Kier alpha value is -1.14.